The van der Waals surface area contributed by atoms with E-state index in [0.717, 1.165) is 0 Å². The van der Waals surface area contributed by atoms with Gasteiger partial charge in [-0.1, -0.05) is 48.5 Å². The molecule has 0 amide bonds. The van der Waals surface area contributed by atoms with Gasteiger partial charge in [-0.3, -0.25) is 4.79 Å². The van der Waals surface area contributed by atoms with Crippen LogP contribution < -0.4 is 0 Å². The van der Waals surface area contributed by atoms with Crippen LogP contribution in [-0.4, -0.2) is 74.4 Å². The number of ketones is 1. The fourth-order valence-corrected chi connectivity index (χ4v) is 2.52. The van der Waals surface area contributed by atoms with Crippen molar-refractivity contribution in [3.05, 3.63) is 71.8 Å². The minimum absolute atomic E-state index is 0.108. The number of hydrogen-bond donors (Lipinski definition) is 5. The molecule has 0 spiro atoms. The molecule has 5 N–H and O–H groups in total. The number of rotatable bonds is 9. The second-order valence-corrected chi connectivity index (χ2v) is 6.14. The number of carbonyl (C=O) groups is 2. The van der Waals surface area contributed by atoms with Crippen molar-refractivity contribution in [2.75, 3.05) is 6.61 Å². The molecule has 150 valence electrons. The summed E-state index contributed by atoms with van der Waals surface area (Å²) in [7, 11) is 0. The Morgan fingerprint density at radius 2 is 1.25 bits per heavy atom. The molecule has 0 bridgehead atoms. The molecule has 0 fully saturated rings. The number of Topliss-reactive ketones (excluding diaryl/α,β-unsaturated/α-hetero) is 1. The fourth-order valence-electron chi connectivity index (χ4n) is 2.52. The summed E-state index contributed by atoms with van der Waals surface area (Å²) >= 11 is 0. The lowest BCUT2D eigenvalue weighted by Crippen LogP contribution is -2.53. The minimum atomic E-state index is -2.07. The molecular weight excluding hydrogens is 368 g/mol. The van der Waals surface area contributed by atoms with Crippen molar-refractivity contribution in [1.29, 1.82) is 0 Å². The number of esters is 1. The molecule has 2 aromatic carbocycles. The molecular formula is C20H22O8. The first kappa shape index (κ1) is 21.7. The number of hydrogen-bond acceptors (Lipinski definition) is 8. The molecule has 0 saturated heterocycles. The number of carbonyl (C=O) groups excluding carboxylic acids is 2. The van der Waals surface area contributed by atoms with Gasteiger partial charge in [0.05, 0.1) is 12.2 Å². The first-order valence-corrected chi connectivity index (χ1v) is 8.55. The molecule has 0 saturated carbocycles. The van der Waals surface area contributed by atoms with Crippen LogP contribution in [0.3, 0.4) is 0 Å². The van der Waals surface area contributed by atoms with E-state index < -0.39 is 48.9 Å². The molecule has 8 heteroatoms. The largest absolute Gasteiger partial charge is 0.447 e. The topological polar surface area (TPSA) is 145 Å². The lowest BCUT2D eigenvalue weighted by Gasteiger charge is -2.30. The van der Waals surface area contributed by atoms with Gasteiger partial charge in [0.1, 0.15) is 24.4 Å². The lowest BCUT2D eigenvalue weighted by molar-refractivity contribution is -0.134. The van der Waals surface area contributed by atoms with Crippen LogP contribution in [0, 0.1) is 0 Å². The molecule has 2 aromatic rings. The van der Waals surface area contributed by atoms with E-state index in [1.807, 2.05) is 0 Å². The van der Waals surface area contributed by atoms with E-state index in [1.54, 1.807) is 36.4 Å². The standard InChI is InChI=1S/C20H22O8/c21-11-14(22)16(24)17(25)18(26)19(15(23)12-7-3-1-4-8-12)28-20(27)13-9-5-2-6-10-13/h1-10,14,16-19,21-22,24-26H,11H2/t14-,16-,17+,18+,19?/m1/s1. The fraction of sp³-hybridized carbons (Fsp3) is 0.300. The first-order valence-electron chi connectivity index (χ1n) is 8.55. The van der Waals surface area contributed by atoms with Crippen LogP contribution in [0.15, 0.2) is 60.7 Å². The Balaban J connectivity index is 2.30. The van der Waals surface area contributed by atoms with Gasteiger partial charge in [-0.05, 0) is 12.1 Å². The first-order chi connectivity index (χ1) is 13.4. The summed E-state index contributed by atoms with van der Waals surface area (Å²) in [5.74, 6) is -1.72. The predicted octanol–water partition coefficient (Wildman–Crippen LogP) is -0.469. The van der Waals surface area contributed by atoms with Crippen LogP contribution in [0.4, 0.5) is 0 Å². The lowest BCUT2D eigenvalue weighted by atomic mass is 9.94. The zero-order chi connectivity index (χ0) is 20.7. The van der Waals surface area contributed by atoms with Gasteiger partial charge in [0.15, 0.2) is 6.10 Å². The summed E-state index contributed by atoms with van der Waals surface area (Å²) in [5, 5.41) is 48.8. The van der Waals surface area contributed by atoms with Crippen LogP contribution in [0.5, 0.6) is 0 Å². The van der Waals surface area contributed by atoms with E-state index in [0.29, 0.717) is 0 Å². The molecule has 5 atom stereocenters. The zero-order valence-corrected chi connectivity index (χ0v) is 14.8. The maximum Gasteiger partial charge on any atom is 0.338 e. The van der Waals surface area contributed by atoms with Crippen LogP contribution in [-0.2, 0) is 4.74 Å². The van der Waals surface area contributed by atoms with Crippen LogP contribution >= 0.6 is 0 Å². The van der Waals surface area contributed by atoms with Gasteiger partial charge in [0, 0.05) is 5.56 Å². The van der Waals surface area contributed by atoms with E-state index >= 15 is 0 Å². The highest BCUT2D eigenvalue weighted by molar-refractivity contribution is 6.02. The average Bonchev–Trinajstić information content (AvgIpc) is 2.75. The summed E-state index contributed by atoms with van der Waals surface area (Å²) < 4.78 is 5.15. The summed E-state index contributed by atoms with van der Waals surface area (Å²) in [6.45, 7) is -0.883. The molecule has 0 aliphatic rings. The van der Waals surface area contributed by atoms with Gasteiger partial charge < -0.3 is 30.3 Å². The van der Waals surface area contributed by atoms with E-state index in [9.17, 15) is 30.0 Å². The second kappa shape index (κ2) is 10.1. The Bertz CT molecular complexity index is 764. The third kappa shape index (κ3) is 5.22. The van der Waals surface area contributed by atoms with Crippen LogP contribution in [0.2, 0.25) is 0 Å². The Morgan fingerprint density at radius 1 is 0.750 bits per heavy atom. The smallest absolute Gasteiger partial charge is 0.338 e. The predicted molar refractivity (Wildman–Crippen MR) is 97.5 cm³/mol. The molecule has 0 aromatic heterocycles. The number of ether oxygens (including phenoxy) is 1. The van der Waals surface area contributed by atoms with E-state index in [-0.39, 0.29) is 11.1 Å². The highest BCUT2D eigenvalue weighted by Crippen LogP contribution is 2.17. The number of aliphatic hydroxyl groups is 5. The van der Waals surface area contributed by atoms with Crippen molar-refractivity contribution in [1.82, 2.24) is 0 Å². The van der Waals surface area contributed by atoms with Crippen molar-refractivity contribution < 1.29 is 39.9 Å². The Morgan fingerprint density at radius 3 is 1.75 bits per heavy atom. The third-order valence-corrected chi connectivity index (χ3v) is 4.15. The molecule has 1 unspecified atom stereocenters. The summed E-state index contributed by atoms with van der Waals surface area (Å²) in [6, 6.07) is 15.4. The molecule has 28 heavy (non-hydrogen) atoms. The van der Waals surface area contributed by atoms with Crippen molar-refractivity contribution in [2.24, 2.45) is 0 Å². The monoisotopic (exact) mass is 390 g/mol. The molecule has 0 aliphatic carbocycles. The van der Waals surface area contributed by atoms with Crippen molar-refractivity contribution in [2.45, 2.75) is 30.5 Å². The zero-order valence-electron chi connectivity index (χ0n) is 14.8. The molecule has 2 rings (SSSR count). The maximum atomic E-state index is 12.8. The summed E-state index contributed by atoms with van der Waals surface area (Å²) in [4.78, 5) is 25.1. The SMILES string of the molecule is O=C(OC(C(=O)c1ccccc1)[C@@H](O)[C@@H](O)[C@H](O)[C@H](O)CO)c1ccccc1. The van der Waals surface area contributed by atoms with Crippen molar-refractivity contribution in [3.8, 4) is 0 Å². The Kier molecular flexibility index (Phi) is 7.80. The van der Waals surface area contributed by atoms with Crippen LogP contribution in [0.25, 0.3) is 0 Å². The number of benzene rings is 2. The molecule has 0 heterocycles. The van der Waals surface area contributed by atoms with E-state index in [1.165, 1.54) is 24.3 Å². The number of aliphatic hydroxyl groups excluding tert-OH is 5. The summed E-state index contributed by atoms with van der Waals surface area (Å²) in [5.41, 5.74) is 0.225. The van der Waals surface area contributed by atoms with E-state index in [4.69, 9.17) is 9.84 Å². The second-order valence-electron chi connectivity index (χ2n) is 6.14. The highest BCUT2D eigenvalue weighted by Gasteiger charge is 2.40. The summed E-state index contributed by atoms with van der Waals surface area (Å²) in [6.07, 6.45) is -9.71. The highest BCUT2D eigenvalue weighted by atomic mass is 16.6. The van der Waals surface area contributed by atoms with Gasteiger partial charge in [-0.2, -0.15) is 0 Å². The van der Waals surface area contributed by atoms with Gasteiger partial charge in [0.2, 0.25) is 5.78 Å². The van der Waals surface area contributed by atoms with Crippen LogP contribution in [0.1, 0.15) is 20.7 Å². The van der Waals surface area contributed by atoms with E-state index in [2.05, 4.69) is 0 Å². The van der Waals surface area contributed by atoms with Gasteiger partial charge in [0.25, 0.3) is 0 Å². The Labute approximate surface area is 161 Å². The van der Waals surface area contributed by atoms with Gasteiger partial charge in [-0.15, -0.1) is 0 Å². The normalized spacial score (nSPS) is 16.5. The quantitative estimate of drug-likeness (QED) is 0.285. The molecule has 0 radical (unpaired) electrons. The van der Waals surface area contributed by atoms with Gasteiger partial charge in [-0.25, -0.2) is 4.79 Å². The van der Waals surface area contributed by atoms with Gasteiger partial charge >= 0.3 is 5.97 Å². The Hall–Kier alpha value is -2.62. The minimum Gasteiger partial charge on any atom is -0.447 e. The molecule has 0 aliphatic heterocycles. The van der Waals surface area contributed by atoms with Crippen molar-refractivity contribution in [3.63, 3.8) is 0 Å². The average molecular weight is 390 g/mol. The third-order valence-electron chi connectivity index (χ3n) is 4.15. The molecule has 8 nitrogen and oxygen atoms in total. The van der Waals surface area contributed by atoms with Crippen molar-refractivity contribution >= 4 is 11.8 Å². The maximum absolute atomic E-state index is 12.8.